The predicted octanol–water partition coefficient (Wildman–Crippen LogP) is 4.28. The van der Waals surface area contributed by atoms with Crippen molar-refractivity contribution in [3.8, 4) is 0 Å². The summed E-state index contributed by atoms with van der Waals surface area (Å²) < 4.78 is 14.0. The zero-order chi connectivity index (χ0) is 13.0. The van der Waals surface area contributed by atoms with Crippen LogP contribution in [0.5, 0.6) is 0 Å². The van der Waals surface area contributed by atoms with Crippen LogP contribution in [0.15, 0.2) is 35.0 Å². The number of hydrogen-bond acceptors (Lipinski definition) is 2. The minimum atomic E-state index is -0.142. The summed E-state index contributed by atoms with van der Waals surface area (Å²) in [5.41, 5.74) is 3.13. The maximum Gasteiger partial charge on any atom is 0.128 e. The summed E-state index contributed by atoms with van der Waals surface area (Å²) in [5, 5.41) is 7.65. The van der Waals surface area contributed by atoms with Crippen LogP contribution < -0.4 is 5.32 Å². The van der Waals surface area contributed by atoms with Crippen molar-refractivity contribution >= 4 is 11.3 Å². The van der Waals surface area contributed by atoms with Crippen LogP contribution in [-0.2, 0) is 0 Å². The highest BCUT2D eigenvalue weighted by atomic mass is 32.1. The number of benzene rings is 1. The molecule has 18 heavy (non-hydrogen) atoms. The Morgan fingerprint density at radius 3 is 2.61 bits per heavy atom. The van der Waals surface area contributed by atoms with Crippen LogP contribution in [0.25, 0.3) is 0 Å². The van der Waals surface area contributed by atoms with Gasteiger partial charge in [-0.1, -0.05) is 25.1 Å². The highest BCUT2D eigenvalue weighted by molar-refractivity contribution is 7.08. The number of aryl methyl sites for hydroxylation is 1. The molecule has 0 spiro atoms. The highest BCUT2D eigenvalue weighted by Gasteiger charge is 2.18. The van der Waals surface area contributed by atoms with Crippen molar-refractivity contribution in [3.63, 3.8) is 0 Å². The second-order valence-corrected chi connectivity index (χ2v) is 5.16. The van der Waals surface area contributed by atoms with E-state index in [9.17, 15) is 4.39 Å². The molecule has 0 saturated heterocycles. The fourth-order valence-electron chi connectivity index (χ4n) is 2.05. The van der Waals surface area contributed by atoms with Gasteiger partial charge in [-0.2, -0.15) is 11.3 Å². The lowest BCUT2D eigenvalue weighted by Crippen LogP contribution is -2.24. The van der Waals surface area contributed by atoms with E-state index >= 15 is 0 Å². The molecule has 0 aliphatic heterocycles. The molecular weight excluding hydrogens is 245 g/mol. The molecule has 0 saturated carbocycles. The maximum absolute atomic E-state index is 14.0. The third-order valence-corrected chi connectivity index (χ3v) is 3.90. The molecule has 0 aliphatic rings. The Balaban J connectivity index is 2.37. The van der Waals surface area contributed by atoms with E-state index in [1.165, 1.54) is 17.2 Å². The number of hydrogen-bond donors (Lipinski definition) is 1. The van der Waals surface area contributed by atoms with Crippen LogP contribution in [-0.4, -0.2) is 6.54 Å². The molecule has 0 radical (unpaired) electrons. The normalized spacial score (nSPS) is 12.6. The molecule has 1 heterocycles. The summed E-state index contributed by atoms with van der Waals surface area (Å²) >= 11 is 1.67. The molecule has 1 aromatic carbocycles. The fraction of sp³-hybridized carbons (Fsp3) is 0.333. The van der Waals surface area contributed by atoms with Crippen LogP contribution in [0.1, 0.15) is 36.1 Å². The second-order valence-electron chi connectivity index (χ2n) is 4.42. The quantitative estimate of drug-likeness (QED) is 0.848. The van der Waals surface area contributed by atoms with Crippen molar-refractivity contribution in [2.45, 2.75) is 26.3 Å². The molecule has 0 aliphatic carbocycles. The average Bonchev–Trinajstić information content (AvgIpc) is 2.78. The third-order valence-electron chi connectivity index (χ3n) is 3.02. The predicted molar refractivity (Wildman–Crippen MR) is 75.6 cm³/mol. The van der Waals surface area contributed by atoms with Gasteiger partial charge in [0.1, 0.15) is 5.82 Å². The Morgan fingerprint density at radius 1 is 1.22 bits per heavy atom. The van der Waals surface area contributed by atoms with Crippen LogP contribution in [0.3, 0.4) is 0 Å². The molecule has 0 fully saturated rings. The number of halogens is 1. The minimum Gasteiger partial charge on any atom is -0.306 e. The van der Waals surface area contributed by atoms with Crippen molar-refractivity contribution in [3.05, 3.63) is 57.5 Å². The van der Waals surface area contributed by atoms with Gasteiger partial charge in [0.2, 0.25) is 0 Å². The van der Waals surface area contributed by atoms with Crippen LogP contribution in [0.4, 0.5) is 4.39 Å². The maximum atomic E-state index is 14.0. The lowest BCUT2D eigenvalue weighted by atomic mass is 9.98. The van der Waals surface area contributed by atoms with Gasteiger partial charge >= 0.3 is 0 Å². The van der Waals surface area contributed by atoms with Crippen molar-refractivity contribution in [1.29, 1.82) is 0 Å². The standard InChI is InChI=1S/C15H18FNS/c1-3-8-17-15(13-10-18-9-11(13)2)12-6-4-5-7-14(12)16/h4-7,9-10,15,17H,3,8H2,1-2H3. The van der Waals surface area contributed by atoms with E-state index in [0.29, 0.717) is 0 Å². The van der Waals surface area contributed by atoms with Crippen molar-refractivity contribution in [1.82, 2.24) is 5.32 Å². The SMILES string of the molecule is CCCNC(c1cscc1C)c1ccccc1F. The van der Waals surface area contributed by atoms with Crippen LogP contribution in [0, 0.1) is 12.7 Å². The Bertz CT molecular complexity index is 507. The van der Waals surface area contributed by atoms with Gasteiger partial charge in [0.15, 0.2) is 0 Å². The van der Waals surface area contributed by atoms with E-state index in [4.69, 9.17) is 0 Å². The van der Waals surface area contributed by atoms with Crippen molar-refractivity contribution < 1.29 is 4.39 Å². The smallest absolute Gasteiger partial charge is 0.128 e. The van der Waals surface area contributed by atoms with Gasteiger partial charge in [0, 0.05) is 5.56 Å². The second kappa shape index (κ2) is 6.12. The van der Waals surface area contributed by atoms with Gasteiger partial charge in [-0.25, -0.2) is 4.39 Å². The van der Waals surface area contributed by atoms with Gasteiger partial charge in [0.25, 0.3) is 0 Å². The van der Waals surface area contributed by atoms with Gasteiger partial charge in [-0.05, 0) is 47.8 Å². The molecular formula is C15H18FNS. The zero-order valence-electron chi connectivity index (χ0n) is 10.7. The molecule has 1 nitrogen and oxygen atoms in total. The first-order valence-corrected chi connectivity index (χ1v) is 7.18. The molecule has 1 atom stereocenters. The first kappa shape index (κ1) is 13.2. The molecule has 3 heteroatoms. The van der Waals surface area contributed by atoms with Gasteiger partial charge in [-0.15, -0.1) is 0 Å². The molecule has 1 unspecified atom stereocenters. The Kier molecular flexibility index (Phi) is 4.50. The van der Waals surface area contributed by atoms with E-state index in [2.05, 4.69) is 29.9 Å². The molecule has 96 valence electrons. The van der Waals surface area contributed by atoms with Crippen LogP contribution >= 0.6 is 11.3 Å². The lowest BCUT2D eigenvalue weighted by molar-refractivity contribution is 0.546. The largest absolute Gasteiger partial charge is 0.306 e. The molecule has 2 rings (SSSR count). The van der Waals surface area contributed by atoms with Gasteiger partial charge in [0.05, 0.1) is 6.04 Å². The third kappa shape index (κ3) is 2.79. The average molecular weight is 263 g/mol. The molecule has 0 amide bonds. The summed E-state index contributed by atoms with van der Waals surface area (Å²) in [6.45, 7) is 5.08. The van der Waals surface area contributed by atoms with E-state index < -0.39 is 0 Å². The van der Waals surface area contributed by atoms with Gasteiger partial charge in [-0.3, -0.25) is 0 Å². The molecule has 1 N–H and O–H groups in total. The Labute approximate surface area is 112 Å². The summed E-state index contributed by atoms with van der Waals surface area (Å²) in [5.74, 6) is -0.142. The molecule has 1 aromatic heterocycles. The molecule has 0 bridgehead atoms. The molecule has 2 aromatic rings. The van der Waals surface area contributed by atoms with E-state index in [0.717, 1.165) is 18.5 Å². The zero-order valence-corrected chi connectivity index (χ0v) is 11.6. The number of rotatable bonds is 5. The van der Waals surface area contributed by atoms with E-state index in [1.54, 1.807) is 17.4 Å². The highest BCUT2D eigenvalue weighted by Crippen LogP contribution is 2.29. The summed E-state index contributed by atoms with van der Waals surface area (Å²) in [7, 11) is 0. The summed E-state index contributed by atoms with van der Waals surface area (Å²) in [6.07, 6.45) is 1.04. The fourth-order valence-corrected chi connectivity index (χ4v) is 2.93. The Hall–Kier alpha value is -1.19. The van der Waals surface area contributed by atoms with Crippen LogP contribution in [0.2, 0.25) is 0 Å². The number of thiophene rings is 1. The monoisotopic (exact) mass is 263 g/mol. The Morgan fingerprint density at radius 2 is 2.00 bits per heavy atom. The summed E-state index contributed by atoms with van der Waals surface area (Å²) in [4.78, 5) is 0. The first-order valence-electron chi connectivity index (χ1n) is 6.24. The first-order chi connectivity index (χ1) is 8.74. The minimum absolute atomic E-state index is 0.0441. The van der Waals surface area contributed by atoms with E-state index in [1.807, 2.05) is 12.1 Å². The lowest BCUT2D eigenvalue weighted by Gasteiger charge is -2.20. The topological polar surface area (TPSA) is 12.0 Å². The van der Waals surface area contributed by atoms with Crippen molar-refractivity contribution in [2.24, 2.45) is 0 Å². The van der Waals surface area contributed by atoms with Crippen molar-refractivity contribution in [2.75, 3.05) is 6.54 Å². The summed E-state index contributed by atoms with van der Waals surface area (Å²) in [6, 6.07) is 6.96. The van der Waals surface area contributed by atoms with E-state index in [-0.39, 0.29) is 11.9 Å². The number of nitrogens with one attached hydrogen (secondary N) is 1. The van der Waals surface area contributed by atoms with Gasteiger partial charge < -0.3 is 5.32 Å².